The number of hydrogen-bond acceptors (Lipinski definition) is 3. The van der Waals surface area contributed by atoms with Crippen LogP contribution in [0.1, 0.15) is 26.7 Å². The molecular weight excluding hydrogens is 217 g/mol. The number of aliphatic carboxylic acids is 1. The maximum Gasteiger partial charge on any atom is 0.422 e. The fourth-order valence-corrected chi connectivity index (χ4v) is 0.264. The highest BCUT2D eigenvalue weighted by atomic mass is 19.4. The molecular formula is C8H13F3O4. The first kappa shape index (κ1) is 16.2. The number of carbonyl (C=O) groups is 2. The lowest BCUT2D eigenvalue weighted by atomic mass is 10.5. The van der Waals surface area contributed by atoms with E-state index in [1.54, 1.807) is 6.92 Å². The van der Waals surface area contributed by atoms with Gasteiger partial charge in [0.25, 0.3) is 0 Å². The summed E-state index contributed by atoms with van der Waals surface area (Å²) in [6.07, 6.45) is -4.22. The van der Waals surface area contributed by atoms with E-state index in [0.717, 1.165) is 0 Å². The van der Waals surface area contributed by atoms with Gasteiger partial charge in [0.1, 0.15) is 0 Å². The molecule has 0 aromatic carbocycles. The number of esters is 1. The van der Waals surface area contributed by atoms with E-state index in [1.807, 2.05) is 0 Å². The van der Waals surface area contributed by atoms with E-state index in [0.29, 0.717) is 0 Å². The minimum Gasteiger partial charge on any atom is -0.481 e. The summed E-state index contributed by atoms with van der Waals surface area (Å²) in [6, 6.07) is 0. The summed E-state index contributed by atoms with van der Waals surface area (Å²) in [6.45, 7) is 1.54. The molecule has 7 heteroatoms. The average molecular weight is 230 g/mol. The van der Waals surface area contributed by atoms with Gasteiger partial charge >= 0.3 is 18.1 Å². The number of carboxylic acid groups (broad SMARTS) is 1. The van der Waals surface area contributed by atoms with E-state index in [9.17, 15) is 22.8 Å². The normalized spacial score (nSPS) is 9.93. The highest BCUT2D eigenvalue weighted by Crippen LogP contribution is 2.14. The zero-order valence-electron chi connectivity index (χ0n) is 8.43. The summed E-state index contributed by atoms with van der Waals surface area (Å²) < 4.78 is 37.6. The van der Waals surface area contributed by atoms with E-state index < -0.39 is 24.7 Å². The molecule has 90 valence electrons. The Morgan fingerprint density at radius 1 is 1.20 bits per heavy atom. The van der Waals surface area contributed by atoms with Gasteiger partial charge in [0.05, 0.1) is 0 Å². The van der Waals surface area contributed by atoms with Gasteiger partial charge in [0, 0.05) is 12.8 Å². The molecule has 0 aromatic heterocycles. The molecule has 0 aliphatic rings. The van der Waals surface area contributed by atoms with Crippen LogP contribution in [-0.4, -0.2) is 29.8 Å². The molecule has 0 heterocycles. The van der Waals surface area contributed by atoms with Crippen molar-refractivity contribution in [2.75, 3.05) is 6.61 Å². The van der Waals surface area contributed by atoms with E-state index >= 15 is 0 Å². The van der Waals surface area contributed by atoms with Crippen molar-refractivity contribution >= 4 is 11.9 Å². The lowest BCUT2D eigenvalue weighted by molar-refractivity contribution is -0.186. The quantitative estimate of drug-likeness (QED) is 0.753. The topological polar surface area (TPSA) is 63.6 Å². The van der Waals surface area contributed by atoms with E-state index in [1.165, 1.54) is 6.92 Å². The number of carboxylic acids is 1. The Balaban J connectivity index is 0. The van der Waals surface area contributed by atoms with Gasteiger partial charge in [0.15, 0.2) is 6.61 Å². The van der Waals surface area contributed by atoms with Crippen molar-refractivity contribution in [3.8, 4) is 0 Å². The largest absolute Gasteiger partial charge is 0.481 e. The van der Waals surface area contributed by atoms with E-state index in [-0.39, 0.29) is 12.8 Å². The summed E-state index contributed by atoms with van der Waals surface area (Å²) in [7, 11) is 0. The zero-order chi connectivity index (χ0) is 12.5. The first-order valence-electron chi connectivity index (χ1n) is 4.17. The molecule has 0 saturated carbocycles. The number of hydrogen-bond donors (Lipinski definition) is 1. The Hall–Kier alpha value is -1.27. The lowest BCUT2D eigenvalue weighted by Crippen LogP contribution is -2.19. The van der Waals surface area contributed by atoms with Crippen molar-refractivity contribution in [3.63, 3.8) is 0 Å². The van der Waals surface area contributed by atoms with Crippen LogP contribution in [0.3, 0.4) is 0 Å². The lowest BCUT2D eigenvalue weighted by Gasteiger charge is -2.05. The highest BCUT2D eigenvalue weighted by molar-refractivity contribution is 5.68. The minimum atomic E-state index is -4.41. The molecule has 0 saturated heterocycles. The van der Waals surface area contributed by atoms with Gasteiger partial charge in [-0.1, -0.05) is 13.8 Å². The van der Waals surface area contributed by atoms with Gasteiger partial charge in [-0.3, -0.25) is 9.59 Å². The third kappa shape index (κ3) is 19.2. The van der Waals surface area contributed by atoms with Crippen molar-refractivity contribution in [1.82, 2.24) is 0 Å². The number of rotatable bonds is 3. The van der Waals surface area contributed by atoms with Crippen LogP contribution in [0, 0.1) is 0 Å². The standard InChI is InChI=1S/C5H7F3O2.C3H6O2/c1-2-4(9)10-3-5(6,7)8;1-2-3(4)5/h2-3H2,1H3;2H2,1H3,(H,4,5). The van der Waals surface area contributed by atoms with Crippen LogP contribution in [-0.2, 0) is 14.3 Å². The first-order valence-corrected chi connectivity index (χ1v) is 4.17. The van der Waals surface area contributed by atoms with Crippen LogP contribution >= 0.6 is 0 Å². The molecule has 0 bridgehead atoms. The number of carbonyl (C=O) groups excluding carboxylic acids is 1. The Bertz CT molecular complexity index is 201. The summed E-state index contributed by atoms with van der Waals surface area (Å²) in [5, 5.41) is 7.72. The van der Waals surface area contributed by atoms with Crippen LogP contribution < -0.4 is 0 Å². The predicted octanol–water partition coefficient (Wildman–Crippen LogP) is 1.98. The smallest absolute Gasteiger partial charge is 0.422 e. The minimum absolute atomic E-state index is 0.0317. The van der Waals surface area contributed by atoms with Crippen molar-refractivity contribution in [2.24, 2.45) is 0 Å². The second-order valence-corrected chi connectivity index (χ2v) is 2.38. The molecule has 0 atom stereocenters. The molecule has 0 rings (SSSR count). The third-order valence-electron chi connectivity index (χ3n) is 0.988. The Kier molecular flexibility index (Phi) is 8.70. The van der Waals surface area contributed by atoms with Gasteiger partial charge < -0.3 is 9.84 Å². The average Bonchev–Trinajstić information content (AvgIpc) is 2.14. The van der Waals surface area contributed by atoms with Gasteiger partial charge in [-0.2, -0.15) is 13.2 Å². The van der Waals surface area contributed by atoms with Crippen LogP contribution in [0.2, 0.25) is 0 Å². The molecule has 0 spiro atoms. The number of alkyl halides is 3. The molecule has 1 N–H and O–H groups in total. The van der Waals surface area contributed by atoms with Crippen molar-refractivity contribution in [3.05, 3.63) is 0 Å². The Labute approximate surface area is 85.0 Å². The molecule has 15 heavy (non-hydrogen) atoms. The van der Waals surface area contributed by atoms with E-state index in [4.69, 9.17) is 5.11 Å². The molecule has 0 radical (unpaired) electrons. The van der Waals surface area contributed by atoms with Gasteiger partial charge in [-0.25, -0.2) is 0 Å². The van der Waals surface area contributed by atoms with Crippen molar-refractivity contribution in [2.45, 2.75) is 32.9 Å². The van der Waals surface area contributed by atoms with Crippen molar-refractivity contribution in [1.29, 1.82) is 0 Å². The monoisotopic (exact) mass is 230 g/mol. The summed E-state index contributed by atoms with van der Waals surface area (Å²) in [5.41, 5.74) is 0. The fourth-order valence-electron chi connectivity index (χ4n) is 0.264. The third-order valence-corrected chi connectivity index (χ3v) is 0.988. The molecule has 0 aromatic rings. The first-order chi connectivity index (χ1) is 6.72. The predicted molar refractivity (Wildman–Crippen MR) is 45.2 cm³/mol. The number of halogens is 3. The molecule has 0 amide bonds. The van der Waals surface area contributed by atoms with Crippen LogP contribution in [0.25, 0.3) is 0 Å². The Morgan fingerprint density at radius 3 is 1.80 bits per heavy atom. The van der Waals surface area contributed by atoms with Crippen LogP contribution in [0.4, 0.5) is 13.2 Å². The Morgan fingerprint density at radius 2 is 1.60 bits per heavy atom. The second-order valence-electron chi connectivity index (χ2n) is 2.38. The molecule has 0 aliphatic carbocycles. The summed E-state index contributed by atoms with van der Waals surface area (Å²) in [5.74, 6) is -1.58. The molecule has 0 fully saturated rings. The van der Waals surface area contributed by atoms with Crippen molar-refractivity contribution < 1.29 is 32.6 Å². The van der Waals surface area contributed by atoms with E-state index in [2.05, 4.69) is 4.74 Å². The second kappa shape index (κ2) is 8.07. The maximum absolute atomic E-state index is 11.3. The highest BCUT2D eigenvalue weighted by Gasteiger charge is 2.29. The summed E-state index contributed by atoms with van der Waals surface area (Å²) >= 11 is 0. The van der Waals surface area contributed by atoms with Gasteiger partial charge in [-0.15, -0.1) is 0 Å². The SMILES string of the molecule is CCC(=O)O.CCC(=O)OCC(F)(F)F. The van der Waals surface area contributed by atoms with Crippen LogP contribution in [0.5, 0.6) is 0 Å². The fraction of sp³-hybridized carbons (Fsp3) is 0.750. The number of ether oxygens (including phenoxy) is 1. The van der Waals surface area contributed by atoms with Gasteiger partial charge in [-0.05, 0) is 0 Å². The molecule has 0 aliphatic heterocycles. The maximum atomic E-state index is 11.3. The molecule has 4 nitrogen and oxygen atoms in total. The zero-order valence-corrected chi connectivity index (χ0v) is 8.43. The van der Waals surface area contributed by atoms with Crippen LogP contribution in [0.15, 0.2) is 0 Å². The summed E-state index contributed by atoms with van der Waals surface area (Å²) in [4.78, 5) is 19.5. The molecule has 0 unspecified atom stereocenters. The van der Waals surface area contributed by atoms with Gasteiger partial charge in [0.2, 0.25) is 0 Å².